The fraction of sp³-hybridized carbons (Fsp3) is 0.273. The largest absolute Gasteiger partial charge is 0.338 e. The van der Waals surface area contributed by atoms with E-state index in [1.165, 1.54) is 0 Å². The molecule has 0 saturated carbocycles. The van der Waals surface area contributed by atoms with Crippen LogP contribution in [0.25, 0.3) is 0 Å². The number of rotatable bonds is 2. The van der Waals surface area contributed by atoms with Crippen molar-refractivity contribution in [1.82, 2.24) is 10.8 Å². The van der Waals surface area contributed by atoms with Crippen molar-refractivity contribution in [2.24, 2.45) is 0 Å². The highest BCUT2D eigenvalue weighted by atomic mass is 16.7. The smallest absolute Gasteiger partial charge is 0.268 e. The van der Waals surface area contributed by atoms with Gasteiger partial charge in [0.1, 0.15) is 12.6 Å². The molecule has 1 saturated heterocycles. The third kappa shape index (κ3) is 2.04. The van der Waals surface area contributed by atoms with Crippen LogP contribution in [0.2, 0.25) is 0 Å². The Kier molecular flexibility index (Phi) is 2.87. The fourth-order valence-corrected chi connectivity index (χ4v) is 1.51. The van der Waals surface area contributed by atoms with Crippen molar-refractivity contribution < 1.29 is 14.4 Å². The van der Waals surface area contributed by atoms with E-state index < -0.39 is 6.04 Å². The zero-order valence-electron chi connectivity index (χ0n) is 8.82. The van der Waals surface area contributed by atoms with E-state index in [-0.39, 0.29) is 18.4 Å². The molecule has 0 spiro atoms. The van der Waals surface area contributed by atoms with Crippen LogP contribution >= 0.6 is 0 Å². The van der Waals surface area contributed by atoms with Gasteiger partial charge in [0.15, 0.2) is 0 Å². The summed E-state index contributed by atoms with van der Waals surface area (Å²) in [5.41, 5.74) is 3.63. The Morgan fingerprint density at radius 1 is 1.50 bits per heavy atom. The number of hydrogen-bond acceptors (Lipinski definition) is 3. The van der Waals surface area contributed by atoms with Crippen molar-refractivity contribution in [3.63, 3.8) is 0 Å². The number of amides is 2. The normalized spacial score (nSPS) is 19.3. The van der Waals surface area contributed by atoms with E-state index in [1.807, 2.05) is 19.1 Å². The van der Waals surface area contributed by atoms with E-state index in [0.29, 0.717) is 5.56 Å². The Hall–Kier alpha value is -1.88. The van der Waals surface area contributed by atoms with Gasteiger partial charge in [0.2, 0.25) is 0 Å². The molecule has 0 unspecified atom stereocenters. The molecule has 1 atom stereocenters. The molecule has 1 aromatic rings. The van der Waals surface area contributed by atoms with Crippen molar-refractivity contribution in [2.75, 3.05) is 6.61 Å². The van der Waals surface area contributed by atoms with Crippen LogP contribution in [-0.4, -0.2) is 24.5 Å². The number of carbonyl (C=O) groups excluding carboxylic acids is 2. The van der Waals surface area contributed by atoms with Crippen LogP contribution in [0, 0.1) is 6.92 Å². The van der Waals surface area contributed by atoms with Crippen LogP contribution in [0.5, 0.6) is 0 Å². The number of aryl methyl sites for hydroxylation is 1. The molecule has 0 bridgehead atoms. The molecule has 1 aromatic carbocycles. The highest BCUT2D eigenvalue weighted by Crippen LogP contribution is 2.07. The zero-order chi connectivity index (χ0) is 11.5. The zero-order valence-corrected chi connectivity index (χ0v) is 8.82. The molecule has 1 heterocycles. The lowest BCUT2D eigenvalue weighted by Gasteiger charge is -2.09. The molecule has 2 rings (SSSR count). The molecule has 0 aliphatic carbocycles. The van der Waals surface area contributed by atoms with Gasteiger partial charge in [0.25, 0.3) is 11.8 Å². The lowest BCUT2D eigenvalue weighted by atomic mass is 10.1. The Balaban J connectivity index is 2.09. The predicted octanol–water partition coefficient (Wildman–Crippen LogP) is 0.155. The molecule has 84 valence electrons. The SMILES string of the molecule is Cc1ccccc1C(=O)N[C@@H]1CONC1=O. The van der Waals surface area contributed by atoms with Crippen LogP contribution in [0.4, 0.5) is 0 Å². The lowest BCUT2D eigenvalue weighted by Crippen LogP contribution is -2.41. The van der Waals surface area contributed by atoms with Gasteiger partial charge in [-0.15, -0.1) is 0 Å². The van der Waals surface area contributed by atoms with Crippen molar-refractivity contribution in [3.8, 4) is 0 Å². The molecule has 16 heavy (non-hydrogen) atoms. The summed E-state index contributed by atoms with van der Waals surface area (Å²) in [6.45, 7) is 2.01. The molecule has 1 aliphatic rings. The van der Waals surface area contributed by atoms with E-state index in [4.69, 9.17) is 4.84 Å². The van der Waals surface area contributed by atoms with E-state index >= 15 is 0 Å². The monoisotopic (exact) mass is 220 g/mol. The molecule has 2 N–H and O–H groups in total. The van der Waals surface area contributed by atoms with Crippen LogP contribution in [0.1, 0.15) is 15.9 Å². The summed E-state index contributed by atoms with van der Waals surface area (Å²) in [5.74, 6) is -0.578. The number of hydroxylamine groups is 1. The Bertz CT molecular complexity index is 431. The summed E-state index contributed by atoms with van der Waals surface area (Å²) in [4.78, 5) is 27.7. The Morgan fingerprint density at radius 2 is 2.25 bits per heavy atom. The van der Waals surface area contributed by atoms with Crippen LogP contribution < -0.4 is 10.8 Å². The molecular formula is C11H12N2O3. The second-order valence-electron chi connectivity index (χ2n) is 3.62. The van der Waals surface area contributed by atoms with Crippen molar-refractivity contribution in [3.05, 3.63) is 35.4 Å². The molecule has 0 aromatic heterocycles. The minimum atomic E-state index is -0.605. The van der Waals surface area contributed by atoms with Crippen LogP contribution in [0.3, 0.4) is 0 Å². The van der Waals surface area contributed by atoms with Crippen LogP contribution in [-0.2, 0) is 9.63 Å². The summed E-state index contributed by atoms with van der Waals surface area (Å²) < 4.78 is 0. The molecule has 2 amide bonds. The van der Waals surface area contributed by atoms with Crippen LogP contribution in [0.15, 0.2) is 24.3 Å². The van der Waals surface area contributed by atoms with Gasteiger partial charge in [-0.3, -0.25) is 14.4 Å². The molecule has 5 nitrogen and oxygen atoms in total. The average Bonchev–Trinajstić information content (AvgIpc) is 2.65. The van der Waals surface area contributed by atoms with Crippen molar-refractivity contribution in [1.29, 1.82) is 0 Å². The first-order valence-electron chi connectivity index (χ1n) is 4.96. The quantitative estimate of drug-likeness (QED) is 0.745. The summed E-state index contributed by atoms with van der Waals surface area (Å²) in [6.07, 6.45) is 0. The maximum Gasteiger partial charge on any atom is 0.268 e. The highest BCUT2D eigenvalue weighted by Gasteiger charge is 2.27. The Labute approximate surface area is 92.7 Å². The lowest BCUT2D eigenvalue weighted by molar-refractivity contribution is -0.125. The highest BCUT2D eigenvalue weighted by molar-refractivity contribution is 5.98. The third-order valence-corrected chi connectivity index (χ3v) is 2.43. The predicted molar refractivity (Wildman–Crippen MR) is 56.5 cm³/mol. The van der Waals surface area contributed by atoms with Gasteiger partial charge in [-0.2, -0.15) is 0 Å². The van der Waals surface area contributed by atoms with E-state index in [9.17, 15) is 9.59 Å². The topological polar surface area (TPSA) is 67.4 Å². The summed E-state index contributed by atoms with van der Waals surface area (Å²) in [7, 11) is 0. The van der Waals surface area contributed by atoms with E-state index in [0.717, 1.165) is 5.56 Å². The number of benzene rings is 1. The summed E-state index contributed by atoms with van der Waals surface area (Å²) >= 11 is 0. The standard InChI is InChI=1S/C11H12N2O3/c1-7-4-2-3-5-8(7)10(14)12-9-6-16-13-11(9)15/h2-5,9H,6H2,1H3,(H,12,14)(H,13,15)/t9-/m1/s1. The minimum absolute atomic E-state index is 0.163. The van der Waals surface area contributed by atoms with E-state index in [2.05, 4.69) is 10.8 Å². The maximum atomic E-state index is 11.8. The molecule has 1 aliphatic heterocycles. The fourth-order valence-electron chi connectivity index (χ4n) is 1.51. The minimum Gasteiger partial charge on any atom is -0.338 e. The van der Waals surface area contributed by atoms with Gasteiger partial charge in [-0.25, -0.2) is 5.48 Å². The number of carbonyl (C=O) groups is 2. The van der Waals surface area contributed by atoms with Gasteiger partial charge in [-0.1, -0.05) is 18.2 Å². The maximum absolute atomic E-state index is 11.8. The number of nitrogens with one attached hydrogen (secondary N) is 2. The first-order valence-corrected chi connectivity index (χ1v) is 4.96. The van der Waals surface area contributed by atoms with Crippen molar-refractivity contribution >= 4 is 11.8 Å². The first-order chi connectivity index (χ1) is 7.68. The molecular weight excluding hydrogens is 208 g/mol. The molecule has 5 heteroatoms. The van der Waals surface area contributed by atoms with Gasteiger partial charge in [-0.05, 0) is 18.6 Å². The van der Waals surface area contributed by atoms with E-state index in [1.54, 1.807) is 12.1 Å². The van der Waals surface area contributed by atoms with Gasteiger partial charge < -0.3 is 5.32 Å². The molecule has 1 fully saturated rings. The second kappa shape index (κ2) is 4.32. The summed E-state index contributed by atoms with van der Waals surface area (Å²) in [6, 6.07) is 6.61. The average molecular weight is 220 g/mol. The van der Waals surface area contributed by atoms with Crippen molar-refractivity contribution in [2.45, 2.75) is 13.0 Å². The molecule has 0 radical (unpaired) electrons. The second-order valence-corrected chi connectivity index (χ2v) is 3.62. The Morgan fingerprint density at radius 3 is 2.88 bits per heavy atom. The summed E-state index contributed by atoms with van der Waals surface area (Å²) in [5, 5.41) is 2.61. The first kappa shape index (κ1) is 10.6. The van der Waals surface area contributed by atoms with Gasteiger partial charge in [0, 0.05) is 5.56 Å². The van der Waals surface area contributed by atoms with Gasteiger partial charge >= 0.3 is 0 Å². The third-order valence-electron chi connectivity index (χ3n) is 2.43. The number of hydrogen-bond donors (Lipinski definition) is 2. The van der Waals surface area contributed by atoms with Gasteiger partial charge in [0.05, 0.1) is 0 Å².